The minimum Gasteiger partial charge on any atom is -0.742 e. The monoisotopic (exact) mass is 390 g/mol. The van der Waals surface area contributed by atoms with Crippen molar-refractivity contribution >= 4 is 22.2 Å². The molecule has 2 aromatic rings. The van der Waals surface area contributed by atoms with Gasteiger partial charge in [0.25, 0.3) is 5.91 Å². The molecule has 0 unspecified atom stereocenters. The number of carbonyl (C=O) groups is 1. The molecule has 11 heteroatoms. The SMILES string of the molecule is CCOc1ccccc1OCC(=O)NN=Cc1ccc(S(=O)(=O)[O-])o1.[Na+]. The number of hydrogen-bond acceptors (Lipinski definition) is 8. The topological polar surface area (TPSA) is 130 Å². The van der Waals surface area contributed by atoms with Crippen molar-refractivity contribution in [1.29, 1.82) is 0 Å². The fourth-order valence-electron chi connectivity index (χ4n) is 1.73. The van der Waals surface area contributed by atoms with Gasteiger partial charge in [-0.1, -0.05) is 12.1 Å². The summed E-state index contributed by atoms with van der Waals surface area (Å²) in [5, 5.41) is 2.86. The molecular formula is C15H15N2NaO7S. The second kappa shape index (κ2) is 10.3. The van der Waals surface area contributed by atoms with Crippen LogP contribution in [-0.2, 0) is 14.9 Å². The summed E-state index contributed by atoms with van der Waals surface area (Å²) in [5.41, 5.74) is 2.18. The van der Waals surface area contributed by atoms with Gasteiger partial charge in [0.1, 0.15) is 5.76 Å². The second-order valence-corrected chi connectivity index (χ2v) is 5.88. The van der Waals surface area contributed by atoms with Gasteiger partial charge in [-0.2, -0.15) is 5.10 Å². The predicted octanol–water partition coefficient (Wildman–Crippen LogP) is -1.88. The molecule has 2 rings (SSSR count). The van der Waals surface area contributed by atoms with Crippen molar-refractivity contribution in [2.75, 3.05) is 13.2 Å². The average Bonchev–Trinajstić information content (AvgIpc) is 3.03. The Morgan fingerprint density at radius 3 is 2.46 bits per heavy atom. The van der Waals surface area contributed by atoms with E-state index in [0.717, 1.165) is 12.3 Å². The van der Waals surface area contributed by atoms with Crippen molar-refractivity contribution in [1.82, 2.24) is 5.43 Å². The van der Waals surface area contributed by atoms with E-state index < -0.39 is 21.1 Å². The molecule has 26 heavy (non-hydrogen) atoms. The van der Waals surface area contributed by atoms with Gasteiger partial charge in [0, 0.05) is 0 Å². The van der Waals surface area contributed by atoms with E-state index in [0.29, 0.717) is 18.1 Å². The largest absolute Gasteiger partial charge is 1.00 e. The smallest absolute Gasteiger partial charge is 0.742 e. The summed E-state index contributed by atoms with van der Waals surface area (Å²) in [7, 11) is -4.67. The maximum Gasteiger partial charge on any atom is 1.00 e. The average molecular weight is 390 g/mol. The third kappa shape index (κ3) is 6.81. The number of carbonyl (C=O) groups excluding carboxylic acids is 1. The van der Waals surface area contributed by atoms with E-state index in [1.54, 1.807) is 24.3 Å². The van der Waals surface area contributed by atoms with Crippen molar-refractivity contribution in [2.45, 2.75) is 12.0 Å². The summed E-state index contributed by atoms with van der Waals surface area (Å²) in [6, 6.07) is 9.13. The number of rotatable bonds is 8. The number of benzene rings is 1. The maximum absolute atomic E-state index is 11.7. The Kier molecular flexibility index (Phi) is 8.82. The number of para-hydroxylation sites is 2. The zero-order valence-corrected chi connectivity index (χ0v) is 17.0. The Bertz CT molecular complexity index is 864. The molecule has 0 saturated carbocycles. The Balaban J connectivity index is 0.00000338. The second-order valence-electron chi connectivity index (χ2n) is 4.57. The molecule has 0 bridgehead atoms. The molecule has 9 nitrogen and oxygen atoms in total. The van der Waals surface area contributed by atoms with Gasteiger partial charge in [0.15, 0.2) is 28.2 Å². The van der Waals surface area contributed by atoms with Gasteiger partial charge in [-0.15, -0.1) is 0 Å². The molecule has 0 spiro atoms. The number of hydrazone groups is 1. The van der Waals surface area contributed by atoms with Gasteiger partial charge in [-0.3, -0.25) is 4.79 Å². The van der Waals surface area contributed by atoms with E-state index >= 15 is 0 Å². The minimum atomic E-state index is -4.67. The van der Waals surface area contributed by atoms with Gasteiger partial charge in [0.05, 0.1) is 12.8 Å². The zero-order chi connectivity index (χ0) is 18.3. The van der Waals surface area contributed by atoms with Gasteiger partial charge in [0.2, 0.25) is 5.09 Å². The fraction of sp³-hybridized carbons (Fsp3) is 0.200. The van der Waals surface area contributed by atoms with E-state index in [2.05, 4.69) is 10.5 Å². The molecule has 0 aliphatic rings. The number of amides is 1. The molecular weight excluding hydrogens is 375 g/mol. The standard InChI is InChI=1S/C15H16N2O7S.Na/c1-2-22-12-5-3-4-6-13(12)23-10-14(18)17-16-9-11-7-8-15(24-11)25(19,20)21;/h3-9H,2,10H2,1H3,(H,17,18)(H,19,20,21);/q;+1/p-1. The van der Waals surface area contributed by atoms with Gasteiger partial charge >= 0.3 is 29.6 Å². The van der Waals surface area contributed by atoms with Crippen LogP contribution in [-0.4, -0.2) is 38.3 Å². The summed E-state index contributed by atoms with van der Waals surface area (Å²) < 4.78 is 47.7. The number of furan rings is 1. The molecule has 1 heterocycles. The first-order chi connectivity index (χ1) is 11.9. The number of nitrogens with zero attached hydrogens (tertiary/aromatic N) is 1. The quantitative estimate of drug-likeness (QED) is 0.241. The van der Waals surface area contributed by atoms with Crippen LogP contribution in [0.25, 0.3) is 0 Å². The van der Waals surface area contributed by atoms with E-state index in [1.807, 2.05) is 6.92 Å². The van der Waals surface area contributed by atoms with Crippen LogP contribution in [0.15, 0.2) is 51.0 Å². The normalized spacial score (nSPS) is 11.0. The Labute approximate surface area is 172 Å². The van der Waals surface area contributed by atoms with Crippen LogP contribution >= 0.6 is 0 Å². The number of hydrogen-bond donors (Lipinski definition) is 1. The molecule has 1 amide bonds. The molecule has 0 atom stereocenters. The minimum absolute atomic E-state index is 0. The van der Waals surface area contributed by atoms with E-state index in [9.17, 15) is 17.8 Å². The summed E-state index contributed by atoms with van der Waals surface area (Å²) in [6.07, 6.45) is 1.06. The van der Waals surface area contributed by atoms with Crippen LogP contribution in [0.1, 0.15) is 12.7 Å². The molecule has 0 fully saturated rings. The van der Waals surface area contributed by atoms with Crippen molar-refractivity contribution in [2.24, 2.45) is 5.10 Å². The molecule has 134 valence electrons. The van der Waals surface area contributed by atoms with Crippen molar-refractivity contribution in [3.05, 3.63) is 42.2 Å². The van der Waals surface area contributed by atoms with Gasteiger partial charge < -0.3 is 18.4 Å². The molecule has 0 aliphatic carbocycles. The van der Waals surface area contributed by atoms with E-state index in [-0.39, 0.29) is 41.9 Å². The maximum atomic E-state index is 11.7. The van der Waals surface area contributed by atoms with Gasteiger partial charge in [-0.05, 0) is 31.2 Å². The molecule has 1 N–H and O–H groups in total. The van der Waals surface area contributed by atoms with Crippen molar-refractivity contribution in [3.8, 4) is 11.5 Å². The summed E-state index contributed by atoms with van der Waals surface area (Å²) in [4.78, 5) is 11.7. The van der Waals surface area contributed by atoms with E-state index in [4.69, 9.17) is 13.9 Å². The molecule has 0 radical (unpaired) electrons. The molecule has 1 aromatic heterocycles. The first-order valence-electron chi connectivity index (χ1n) is 7.12. The molecule has 1 aromatic carbocycles. The Hall–Kier alpha value is -1.85. The first-order valence-corrected chi connectivity index (χ1v) is 8.53. The van der Waals surface area contributed by atoms with Crippen LogP contribution in [0.3, 0.4) is 0 Å². The van der Waals surface area contributed by atoms with Crippen LogP contribution < -0.4 is 44.5 Å². The first kappa shape index (κ1) is 22.2. The van der Waals surface area contributed by atoms with E-state index in [1.165, 1.54) is 6.07 Å². The summed E-state index contributed by atoms with van der Waals surface area (Å²) in [6.45, 7) is 1.98. The van der Waals surface area contributed by atoms with Gasteiger partial charge in [-0.25, -0.2) is 13.8 Å². The van der Waals surface area contributed by atoms with Crippen molar-refractivity contribution < 1.29 is 61.2 Å². The molecule has 0 aliphatic heterocycles. The fourth-order valence-corrected chi connectivity index (χ4v) is 2.16. The third-order valence-electron chi connectivity index (χ3n) is 2.74. The van der Waals surface area contributed by atoms with Crippen LogP contribution in [0.5, 0.6) is 11.5 Å². The predicted molar refractivity (Wildman–Crippen MR) is 85.5 cm³/mol. The third-order valence-corrected chi connectivity index (χ3v) is 3.45. The summed E-state index contributed by atoms with van der Waals surface area (Å²) >= 11 is 0. The Morgan fingerprint density at radius 1 is 1.23 bits per heavy atom. The van der Waals surface area contributed by atoms with Crippen molar-refractivity contribution in [3.63, 3.8) is 0 Å². The number of ether oxygens (including phenoxy) is 2. The van der Waals surface area contributed by atoms with Crippen LogP contribution in [0.2, 0.25) is 0 Å². The number of nitrogens with one attached hydrogen (secondary N) is 1. The van der Waals surface area contributed by atoms with Crippen LogP contribution in [0.4, 0.5) is 0 Å². The van der Waals surface area contributed by atoms with Crippen LogP contribution in [0, 0.1) is 0 Å². The molecule has 0 saturated heterocycles. The zero-order valence-electron chi connectivity index (χ0n) is 14.2. The summed E-state index contributed by atoms with van der Waals surface area (Å²) in [5.74, 6) is 0.381. The Morgan fingerprint density at radius 2 is 1.88 bits per heavy atom.